The van der Waals surface area contributed by atoms with Gasteiger partial charge in [0, 0.05) is 18.9 Å². The molecule has 0 aliphatic carbocycles. The van der Waals surface area contributed by atoms with Crippen LogP contribution in [0.2, 0.25) is 0 Å². The average Bonchev–Trinajstić information content (AvgIpc) is 2.39. The molecule has 0 saturated carbocycles. The molecular formula is C15H15N3. The fourth-order valence-corrected chi connectivity index (χ4v) is 1.97. The van der Waals surface area contributed by atoms with Gasteiger partial charge in [-0.25, -0.2) is 0 Å². The van der Waals surface area contributed by atoms with Crippen LogP contribution in [-0.4, -0.2) is 12.0 Å². The molecule has 0 bridgehead atoms. The Hall–Kier alpha value is -2.34. The lowest BCUT2D eigenvalue weighted by atomic mass is 10.1. The van der Waals surface area contributed by atoms with Crippen LogP contribution in [0.1, 0.15) is 16.8 Å². The summed E-state index contributed by atoms with van der Waals surface area (Å²) in [6.45, 7) is 2.78. The maximum absolute atomic E-state index is 8.85. The van der Waals surface area contributed by atoms with Gasteiger partial charge in [0.25, 0.3) is 0 Å². The summed E-state index contributed by atoms with van der Waals surface area (Å²) in [6.07, 6.45) is 1.80. The van der Waals surface area contributed by atoms with Crippen molar-refractivity contribution in [2.45, 2.75) is 13.5 Å². The molecule has 1 aromatic carbocycles. The predicted molar refractivity (Wildman–Crippen MR) is 72.2 cm³/mol. The van der Waals surface area contributed by atoms with Crippen molar-refractivity contribution in [1.29, 1.82) is 5.26 Å². The highest BCUT2D eigenvalue weighted by molar-refractivity contribution is 5.55. The highest BCUT2D eigenvalue weighted by Crippen LogP contribution is 2.21. The van der Waals surface area contributed by atoms with Crippen molar-refractivity contribution in [3.8, 4) is 6.07 Å². The predicted octanol–water partition coefficient (Wildman–Crippen LogP) is 2.90. The fraction of sp³-hybridized carbons (Fsp3) is 0.200. The minimum absolute atomic E-state index is 0.697. The minimum Gasteiger partial charge on any atom is -0.368 e. The van der Waals surface area contributed by atoms with Crippen LogP contribution < -0.4 is 4.90 Å². The number of rotatable bonds is 3. The van der Waals surface area contributed by atoms with Crippen LogP contribution in [0.3, 0.4) is 0 Å². The molecule has 0 amide bonds. The van der Waals surface area contributed by atoms with Crippen molar-refractivity contribution in [2.24, 2.45) is 0 Å². The number of benzene rings is 1. The first kappa shape index (κ1) is 12.1. The normalized spacial score (nSPS) is 9.83. The van der Waals surface area contributed by atoms with Crippen LogP contribution in [0.4, 0.5) is 5.69 Å². The minimum atomic E-state index is 0.697. The lowest BCUT2D eigenvalue weighted by molar-refractivity contribution is 0.881. The molecule has 0 aliphatic rings. The molecule has 3 nitrogen and oxygen atoms in total. The van der Waals surface area contributed by atoms with Crippen LogP contribution >= 0.6 is 0 Å². The number of aromatic nitrogens is 1. The van der Waals surface area contributed by atoms with Gasteiger partial charge in [-0.2, -0.15) is 5.26 Å². The molecular weight excluding hydrogens is 222 g/mol. The Labute approximate surface area is 107 Å². The van der Waals surface area contributed by atoms with E-state index < -0.39 is 0 Å². The van der Waals surface area contributed by atoms with Crippen molar-refractivity contribution < 1.29 is 0 Å². The maximum Gasteiger partial charge on any atom is 0.0991 e. The van der Waals surface area contributed by atoms with E-state index in [2.05, 4.69) is 16.0 Å². The van der Waals surface area contributed by atoms with Crippen molar-refractivity contribution in [1.82, 2.24) is 4.98 Å². The Kier molecular flexibility index (Phi) is 3.59. The van der Waals surface area contributed by atoms with Gasteiger partial charge in [0.2, 0.25) is 0 Å². The van der Waals surface area contributed by atoms with Crippen LogP contribution in [0.15, 0.2) is 42.6 Å². The monoisotopic (exact) mass is 237 g/mol. The van der Waals surface area contributed by atoms with E-state index in [1.165, 1.54) is 0 Å². The van der Waals surface area contributed by atoms with Gasteiger partial charge in [0.15, 0.2) is 0 Å². The summed E-state index contributed by atoms with van der Waals surface area (Å²) < 4.78 is 0. The van der Waals surface area contributed by atoms with E-state index in [4.69, 9.17) is 5.26 Å². The van der Waals surface area contributed by atoms with Crippen molar-refractivity contribution in [2.75, 3.05) is 11.9 Å². The second-order valence-electron chi connectivity index (χ2n) is 4.29. The highest BCUT2D eigenvalue weighted by atomic mass is 15.1. The molecule has 1 heterocycles. The molecule has 18 heavy (non-hydrogen) atoms. The molecule has 0 fully saturated rings. The Morgan fingerprint density at radius 1 is 1.28 bits per heavy atom. The van der Waals surface area contributed by atoms with Gasteiger partial charge < -0.3 is 4.90 Å². The summed E-state index contributed by atoms with van der Waals surface area (Å²) in [5.74, 6) is 0. The summed E-state index contributed by atoms with van der Waals surface area (Å²) in [6, 6.07) is 13.8. The van der Waals surface area contributed by atoms with Crippen LogP contribution in [0, 0.1) is 18.3 Å². The number of nitriles is 1. The zero-order valence-electron chi connectivity index (χ0n) is 10.6. The molecule has 2 rings (SSSR count). The first-order valence-electron chi connectivity index (χ1n) is 5.82. The summed E-state index contributed by atoms with van der Waals surface area (Å²) >= 11 is 0. The molecule has 2 aromatic rings. The highest BCUT2D eigenvalue weighted by Gasteiger charge is 2.06. The van der Waals surface area contributed by atoms with Gasteiger partial charge in [-0.1, -0.05) is 6.07 Å². The summed E-state index contributed by atoms with van der Waals surface area (Å²) in [4.78, 5) is 6.45. The zero-order chi connectivity index (χ0) is 13.0. The lowest BCUT2D eigenvalue weighted by Gasteiger charge is -2.21. The van der Waals surface area contributed by atoms with Gasteiger partial charge in [0.05, 0.1) is 23.9 Å². The van der Waals surface area contributed by atoms with E-state index >= 15 is 0 Å². The smallest absolute Gasteiger partial charge is 0.0991 e. The van der Waals surface area contributed by atoms with E-state index in [0.717, 1.165) is 23.5 Å². The third-order valence-electron chi connectivity index (χ3n) is 2.86. The summed E-state index contributed by atoms with van der Waals surface area (Å²) in [7, 11) is 2.03. The molecule has 1 aromatic heterocycles. The fourth-order valence-electron chi connectivity index (χ4n) is 1.97. The Morgan fingerprint density at radius 3 is 2.72 bits per heavy atom. The third kappa shape index (κ3) is 2.67. The third-order valence-corrected chi connectivity index (χ3v) is 2.86. The number of nitrogens with zero attached hydrogens (tertiary/aromatic N) is 3. The molecule has 0 N–H and O–H groups in total. The summed E-state index contributed by atoms with van der Waals surface area (Å²) in [5.41, 5.74) is 3.96. The van der Waals surface area contributed by atoms with Crippen LogP contribution in [0.25, 0.3) is 0 Å². The van der Waals surface area contributed by atoms with E-state index in [1.807, 2.05) is 50.4 Å². The zero-order valence-corrected chi connectivity index (χ0v) is 10.6. The number of hydrogen-bond acceptors (Lipinski definition) is 3. The first-order valence-corrected chi connectivity index (χ1v) is 5.82. The second kappa shape index (κ2) is 5.33. The lowest BCUT2D eigenvalue weighted by Crippen LogP contribution is -2.18. The number of pyridine rings is 1. The molecule has 3 heteroatoms. The van der Waals surface area contributed by atoms with Crippen molar-refractivity contribution >= 4 is 5.69 Å². The molecule has 0 atom stereocenters. The number of anilines is 1. The van der Waals surface area contributed by atoms with Gasteiger partial charge in [-0.05, 0) is 42.8 Å². The largest absolute Gasteiger partial charge is 0.368 e. The SMILES string of the molecule is Cc1cc(C#N)ccc1N(C)Cc1ccccn1. The quantitative estimate of drug-likeness (QED) is 0.824. The average molecular weight is 237 g/mol. The van der Waals surface area contributed by atoms with Crippen molar-refractivity contribution in [3.05, 3.63) is 59.4 Å². The summed E-state index contributed by atoms with van der Waals surface area (Å²) in [5, 5.41) is 8.85. The van der Waals surface area contributed by atoms with Gasteiger partial charge >= 0.3 is 0 Å². The molecule has 90 valence electrons. The Bertz CT molecular complexity index is 570. The van der Waals surface area contributed by atoms with E-state index in [-0.39, 0.29) is 0 Å². The van der Waals surface area contributed by atoms with Crippen LogP contribution in [-0.2, 0) is 6.54 Å². The molecule has 0 saturated heterocycles. The van der Waals surface area contributed by atoms with Crippen molar-refractivity contribution in [3.63, 3.8) is 0 Å². The second-order valence-corrected chi connectivity index (χ2v) is 4.29. The van der Waals surface area contributed by atoms with E-state index in [9.17, 15) is 0 Å². The van der Waals surface area contributed by atoms with Gasteiger partial charge in [0.1, 0.15) is 0 Å². The number of aryl methyl sites for hydroxylation is 1. The van der Waals surface area contributed by atoms with E-state index in [1.54, 1.807) is 6.20 Å². The standard InChI is InChI=1S/C15H15N3/c1-12-9-13(10-16)6-7-15(12)18(2)11-14-5-3-4-8-17-14/h3-9H,11H2,1-2H3. The molecule has 0 radical (unpaired) electrons. The Morgan fingerprint density at radius 2 is 2.11 bits per heavy atom. The molecule has 0 unspecified atom stereocenters. The van der Waals surface area contributed by atoms with Gasteiger partial charge in [-0.15, -0.1) is 0 Å². The maximum atomic E-state index is 8.85. The van der Waals surface area contributed by atoms with E-state index in [0.29, 0.717) is 5.56 Å². The number of hydrogen-bond donors (Lipinski definition) is 0. The Balaban J connectivity index is 2.19. The first-order chi connectivity index (χ1) is 8.70. The molecule has 0 aliphatic heterocycles. The molecule has 0 spiro atoms. The topological polar surface area (TPSA) is 39.9 Å². The van der Waals surface area contributed by atoms with Gasteiger partial charge in [-0.3, -0.25) is 4.98 Å². The van der Waals surface area contributed by atoms with Crippen LogP contribution in [0.5, 0.6) is 0 Å².